The summed E-state index contributed by atoms with van der Waals surface area (Å²) in [6.07, 6.45) is -0.104. The summed E-state index contributed by atoms with van der Waals surface area (Å²) < 4.78 is 15.4. The monoisotopic (exact) mass is 459 g/mol. The maximum Gasteiger partial charge on any atom is 0.306 e. The maximum atomic E-state index is 12.1. The van der Waals surface area contributed by atoms with E-state index in [9.17, 15) is 24.5 Å². The van der Waals surface area contributed by atoms with Crippen molar-refractivity contribution in [2.75, 3.05) is 19.8 Å². The van der Waals surface area contributed by atoms with Gasteiger partial charge in [0.15, 0.2) is 0 Å². The fourth-order valence-electron chi connectivity index (χ4n) is 2.88. The van der Waals surface area contributed by atoms with Crippen LogP contribution < -0.4 is 0 Å². The van der Waals surface area contributed by atoms with Gasteiger partial charge < -0.3 is 14.2 Å². The summed E-state index contributed by atoms with van der Waals surface area (Å²) >= 11 is 0. The molecule has 0 saturated heterocycles. The molecule has 0 unspecified atom stereocenters. The first-order valence-electron chi connectivity index (χ1n) is 11.5. The standard InChI is InChI=1S/C23H41NO8/c1-17(2)14-30-20(25)8-7-11-23(24(28)29,12-9-21(26)31-15-18(3)4)13-10-22(27)32-16-19(5)6/h17-19H,7-16H2,1-6H3. The molecule has 0 fully saturated rings. The van der Waals surface area contributed by atoms with Crippen LogP contribution in [0.5, 0.6) is 0 Å². The van der Waals surface area contributed by atoms with E-state index in [2.05, 4.69) is 0 Å². The van der Waals surface area contributed by atoms with Crippen molar-refractivity contribution in [3.63, 3.8) is 0 Å². The van der Waals surface area contributed by atoms with Crippen LogP contribution in [-0.2, 0) is 28.6 Å². The minimum absolute atomic E-state index is 0.0396. The highest BCUT2D eigenvalue weighted by atomic mass is 16.6. The molecule has 0 bridgehead atoms. The molecule has 9 nitrogen and oxygen atoms in total. The molecule has 0 aliphatic rings. The number of hydrogen-bond acceptors (Lipinski definition) is 8. The number of nitrogens with zero attached hydrogens (tertiary/aromatic N) is 1. The molecule has 0 aliphatic heterocycles. The number of nitro groups is 1. The largest absolute Gasteiger partial charge is 0.465 e. The Morgan fingerprint density at radius 1 is 0.688 bits per heavy atom. The minimum Gasteiger partial charge on any atom is -0.465 e. The number of carbonyl (C=O) groups is 3. The average Bonchev–Trinajstić information content (AvgIpc) is 2.70. The Morgan fingerprint density at radius 3 is 1.34 bits per heavy atom. The molecule has 0 aromatic heterocycles. The molecule has 0 amide bonds. The first-order chi connectivity index (χ1) is 14.9. The number of esters is 3. The van der Waals surface area contributed by atoms with Crippen molar-refractivity contribution in [1.82, 2.24) is 0 Å². The van der Waals surface area contributed by atoms with Gasteiger partial charge in [0.25, 0.3) is 0 Å². The Labute approximate surface area is 191 Å². The molecule has 9 heteroatoms. The van der Waals surface area contributed by atoms with Crippen LogP contribution in [-0.4, -0.2) is 48.2 Å². The first-order valence-corrected chi connectivity index (χ1v) is 11.5. The summed E-state index contributed by atoms with van der Waals surface area (Å²) in [6.45, 7) is 12.2. The van der Waals surface area contributed by atoms with Gasteiger partial charge in [0, 0.05) is 30.6 Å². The Bertz CT molecular complexity index is 573. The molecule has 0 N–H and O–H groups in total. The molecule has 0 aromatic rings. The highest BCUT2D eigenvalue weighted by Gasteiger charge is 2.43. The minimum atomic E-state index is -1.52. The Hall–Kier alpha value is -2.19. The van der Waals surface area contributed by atoms with E-state index in [1.54, 1.807) is 0 Å². The summed E-state index contributed by atoms with van der Waals surface area (Å²) in [5.41, 5.74) is -1.52. The molecule has 0 spiro atoms. The second kappa shape index (κ2) is 15.6. The zero-order chi connectivity index (χ0) is 24.7. The molecule has 0 heterocycles. The molecule has 0 aliphatic carbocycles. The van der Waals surface area contributed by atoms with Crippen molar-refractivity contribution in [2.24, 2.45) is 17.8 Å². The van der Waals surface area contributed by atoms with Gasteiger partial charge in [-0.2, -0.15) is 0 Å². The second-order valence-electron chi connectivity index (χ2n) is 9.57. The third-order valence-electron chi connectivity index (χ3n) is 4.73. The summed E-state index contributed by atoms with van der Waals surface area (Å²) in [4.78, 5) is 47.6. The SMILES string of the molecule is CC(C)COC(=O)CCCC(CCC(=O)OCC(C)C)(CCC(=O)OCC(C)C)[N+](=O)[O-]. The van der Waals surface area contributed by atoms with Gasteiger partial charge in [0.2, 0.25) is 5.54 Å². The summed E-state index contributed by atoms with van der Waals surface area (Å²) in [7, 11) is 0. The third-order valence-corrected chi connectivity index (χ3v) is 4.73. The molecule has 0 radical (unpaired) electrons. The van der Waals surface area contributed by atoms with Crippen LogP contribution in [0, 0.1) is 27.9 Å². The molecule has 186 valence electrons. The van der Waals surface area contributed by atoms with Crippen LogP contribution in [0.3, 0.4) is 0 Å². The van der Waals surface area contributed by atoms with Crippen LogP contribution in [0.25, 0.3) is 0 Å². The smallest absolute Gasteiger partial charge is 0.306 e. The zero-order valence-electron chi connectivity index (χ0n) is 20.5. The first kappa shape index (κ1) is 29.8. The maximum absolute atomic E-state index is 12.1. The van der Waals surface area contributed by atoms with Crippen molar-refractivity contribution in [3.05, 3.63) is 10.1 Å². The lowest BCUT2D eigenvalue weighted by atomic mass is 9.84. The van der Waals surface area contributed by atoms with Gasteiger partial charge in [-0.25, -0.2) is 0 Å². The highest BCUT2D eigenvalue weighted by Crippen LogP contribution is 2.30. The molecule has 0 aromatic carbocycles. The molecule has 0 atom stereocenters. The van der Waals surface area contributed by atoms with Crippen LogP contribution in [0.1, 0.15) is 86.5 Å². The number of ether oxygens (including phenoxy) is 3. The molecular formula is C23H41NO8. The van der Waals surface area contributed by atoms with Gasteiger partial charge in [-0.1, -0.05) is 41.5 Å². The van der Waals surface area contributed by atoms with E-state index in [4.69, 9.17) is 14.2 Å². The Balaban J connectivity index is 5.10. The van der Waals surface area contributed by atoms with E-state index in [-0.39, 0.29) is 75.9 Å². The van der Waals surface area contributed by atoms with E-state index in [0.29, 0.717) is 6.61 Å². The van der Waals surface area contributed by atoms with Gasteiger partial charge in [-0.05, 0) is 24.2 Å². The Morgan fingerprint density at radius 2 is 1.03 bits per heavy atom. The van der Waals surface area contributed by atoms with Crippen molar-refractivity contribution >= 4 is 17.9 Å². The third kappa shape index (κ3) is 14.0. The van der Waals surface area contributed by atoms with Gasteiger partial charge in [0.1, 0.15) is 0 Å². The van der Waals surface area contributed by atoms with Crippen LogP contribution in [0.4, 0.5) is 0 Å². The van der Waals surface area contributed by atoms with Gasteiger partial charge in [-0.3, -0.25) is 24.5 Å². The fraction of sp³-hybridized carbons (Fsp3) is 0.870. The molecule has 0 saturated carbocycles. The van der Waals surface area contributed by atoms with Gasteiger partial charge in [-0.15, -0.1) is 0 Å². The van der Waals surface area contributed by atoms with Crippen molar-refractivity contribution < 1.29 is 33.5 Å². The topological polar surface area (TPSA) is 122 Å². The predicted octanol–water partition coefficient (Wildman–Crippen LogP) is 4.33. The molecule has 0 rings (SSSR count). The molecular weight excluding hydrogens is 418 g/mol. The zero-order valence-corrected chi connectivity index (χ0v) is 20.5. The summed E-state index contributed by atoms with van der Waals surface area (Å²) in [5, 5.41) is 12.1. The van der Waals surface area contributed by atoms with E-state index < -0.39 is 28.4 Å². The number of rotatable bonds is 17. The van der Waals surface area contributed by atoms with Gasteiger partial charge in [0.05, 0.1) is 32.7 Å². The quantitative estimate of drug-likeness (QED) is 0.136. The van der Waals surface area contributed by atoms with Crippen molar-refractivity contribution in [1.29, 1.82) is 0 Å². The van der Waals surface area contributed by atoms with E-state index in [0.717, 1.165) is 0 Å². The predicted molar refractivity (Wildman–Crippen MR) is 119 cm³/mol. The van der Waals surface area contributed by atoms with Crippen molar-refractivity contribution in [3.8, 4) is 0 Å². The fourth-order valence-corrected chi connectivity index (χ4v) is 2.88. The molecule has 32 heavy (non-hydrogen) atoms. The lowest BCUT2D eigenvalue weighted by molar-refractivity contribution is -0.574. The van der Waals surface area contributed by atoms with Crippen LogP contribution in [0.15, 0.2) is 0 Å². The summed E-state index contributed by atoms with van der Waals surface area (Å²) in [6, 6.07) is 0. The van der Waals surface area contributed by atoms with E-state index >= 15 is 0 Å². The van der Waals surface area contributed by atoms with Gasteiger partial charge >= 0.3 is 17.9 Å². The number of carbonyl (C=O) groups excluding carboxylic acids is 3. The average molecular weight is 460 g/mol. The van der Waals surface area contributed by atoms with E-state index in [1.165, 1.54) is 0 Å². The number of hydrogen-bond donors (Lipinski definition) is 0. The second-order valence-corrected chi connectivity index (χ2v) is 9.57. The lowest BCUT2D eigenvalue weighted by Gasteiger charge is -2.25. The highest BCUT2D eigenvalue weighted by molar-refractivity contribution is 5.70. The van der Waals surface area contributed by atoms with Crippen LogP contribution in [0.2, 0.25) is 0 Å². The van der Waals surface area contributed by atoms with E-state index in [1.807, 2.05) is 41.5 Å². The Kier molecular flexibility index (Phi) is 14.5. The van der Waals surface area contributed by atoms with Crippen LogP contribution >= 0.6 is 0 Å². The normalized spacial score (nSPS) is 11.7. The van der Waals surface area contributed by atoms with Crippen molar-refractivity contribution in [2.45, 2.75) is 92.0 Å². The summed E-state index contributed by atoms with van der Waals surface area (Å²) in [5.74, 6) is -0.917. The lowest BCUT2D eigenvalue weighted by Crippen LogP contribution is -2.40.